The fraction of sp³-hybridized carbons (Fsp3) is 0.768. The fourth-order valence-corrected chi connectivity index (χ4v) is 7.63. The first kappa shape index (κ1) is 57.8. The maximum Gasteiger partial charge on any atom is 0.220 e. The Morgan fingerprint density at radius 1 is 0.400 bits per heavy atom. The van der Waals surface area contributed by atoms with Crippen molar-refractivity contribution in [1.82, 2.24) is 5.32 Å². The molecule has 2 atom stereocenters. The van der Waals surface area contributed by atoms with Gasteiger partial charge in [-0.25, -0.2) is 0 Å². The number of aliphatic hydroxyl groups excluding tert-OH is 2. The summed E-state index contributed by atoms with van der Waals surface area (Å²) >= 11 is 0. The molecule has 0 aromatic rings. The van der Waals surface area contributed by atoms with E-state index in [9.17, 15) is 15.0 Å². The van der Waals surface area contributed by atoms with Crippen molar-refractivity contribution >= 4 is 5.91 Å². The van der Waals surface area contributed by atoms with Gasteiger partial charge in [0.15, 0.2) is 0 Å². The molecule has 4 nitrogen and oxygen atoms in total. The Bertz CT molecular complexity index is 1040. The quantitative estimate of drug-likeness (QED) is 0.0422. The normalized spacial score (nSPS) is 13.5. The highest BCUT2D eigenvalue weighted by Crippen LogP contribution is 2.15. The van der Waals surface area contributed by atoms with Crippen molar-refractivity contribution in [3.8, 4) is 0 Å². The highest BCUT2D eigenvalue weighted by atomic mass is 16.3. The van der Waals surface area contributed by atoms with Crippen LogP contribution in [0.2, 0.25) is 0 Å². The van der Waals surface area contributed by atoms with Crippen molar-refractivity contribution in [3.05, 3.63) is 72.9 Å². The zero-order valence-corrected chi connectivity index (χ0v) is 40.0. The summed E-state index contributed by atoms with van der Waals surface area (Å²) in [6, 6.07) is -0.649. The number of carbonyl (C=O) groups is 1. The van der Waals surface area contributed by atoms with Crippen molar-refractivity contribution in [1.29, 1.82) is 0 Å². The van der Waals surface area contributed by atoms with Gasteiger partial charge in [0.1, 0.15) is 0 Å². The molecule has 0 aromatic heterocycles. The van der Waals surface area contributed by atoms with E-state index in [4.69, 9.17) is 0 Å². The van der Waals surface area contributed by atoms with Crippen LogP contribution in [0.5, 0.6) is 0 Å². The van der Waals surface area contributed by atoms with Gasteiger partial charge in [-0.2, -0.15) is 0 Å². The molecule has 2 unspecified atom stereocenters. The number of hydrogen-bond acceptors (Lipinski definition) is 3. The molecule has 0 aromatic carbocycles. The third-order valence-electron chi connectivity index (χ3n) is 11.6. The molecule has 0 saturated carbocycles. The zero-order chi connectivity index (χ0) is 43.5. The minimum Gasteiger partial charge on any atom is -0.394 e. The third kappa shape index (κ3) is 46.9. The van der Waals surface area contributed by atoms with Gasteiger partial charge in [0.05, 0.1) is 18.8 Å². The Labute approximate surface area is 374 Å². The maximum absolute atomic E-state index is 12.4. The Morgan fingerprint density at radius 3 is 1.08 bits per heavy atom. The number of unbranched alkanes of at least 4 members (excludes halogenated alkanes) is 30. The number of aliphatic hydroxyl groups is 2. The Kier molecular flexibility index (Phi) is 49.3. The topological polar surface area (TPSA) is 69.6 Å². The summed E-state index contributed by atoms with van der Waals surface area (Å²) in [5.41, 5.74) is 0. The minimum absolute atomic E-state index is 0.0793. The van der Waals surface area contributed by atoms with Crippen LogP contribution in [0.1, 0.15) is 258 Å². The zero-order valence-electron chi connectivity index (χ0n) is 40.0. The average Bonchev–Trinajstić information content (AvgIpc) is 3.25. The second kappa shape index (κ2) is 51.2. The van der Waals surface area contributed by atoms with Crippen molar-refractivity contribution in [2.45, 2.75) is 270 Å². The summed E-state index contributed by atoms with van der Waals surface area (Å²) in [4.78, 5) is 12.4. The van der Waals surface area contributed by atoms with E-state index in [1.807, 2.05) is 6.08 Å². The lowest BCUT2D eigenvalue weighted by atomic mass is 10.0. The summed E-state index contributed by atoms with van der Waals surface area (Å²) in [6.45, 7) is 4.29. The third-order valence-corrected chi connectivity index (χ3v) is 11.6. The first-order valence-corrected chi connectivity index (χ1v) is 26.2. The van der Waals surface area contributed by atoms with E-state index < -0.39 is 12.1 Å². The summed E-state index contributed by atoms with van der Waals surface area (Å²) in [7, 11) is 0. The van der Waals surface area contributed by atoms with Gasteiger partial charge in [-0.05, 0) is 83.5 Å². The van der Waals surface area contributed by atoms with Crippen molar-refractivity contribution in [2.24, 2.45) is 0 Å². The van der Waals surface area contributed by atoms with Gasteiger partial charge in [0.25, 0.3) is 0 Å². The van der Waals surface area contributed by atoms with Crippen molar-refractivity contribution in [2.75, 3.05) is 6.61 Å². The largest absolute Gasteiger partial charge is 0.394 e. The first-order chi connectivity index (χ1) is 29.7. The van der Waals surface area contributed by atoms with Gasteiger partial charge in [-0.15, -0.1) is 0 Å². The molecule has 4 heteroatoms. The lowest BCUT2D eigenvalue weighted by Gasteiger charge is -2.19. The number of nitrogens with one attached hydrogen (secondary N) is 1. The van der Waals surface area contributed by atoms with E-state index in [2.05, 4.69) is 79.9 Å². The summed E-state index contributed by atoms with van der Waals surface area (Å²) in [5, 5.41) is 23.1. The van der Waals surface area contributed by atoms with Crippen LogP contribution in [0.3, 0.4) is 0 Å². The number of allylic oxidation sites excluding steroid dienone is 11. The second-order valence-corrected chi connectivity index (χ2v) is 17.6. The number of rotatable bonds is 47. The van der Waals surface area contributed by atoms with Crippen LogP contribution in [0, 0.1) is 0 Å². The van der Waals surface area contributed by atoms with Crippen LogP contribution in [0.4, 0.5) is 0 Å². The van der Waals surface area contributed by atoms with E-state index in [0.29, 0.717) is 6.42 Å². The molecule has 0 radical (unpaired) electrons. The lowest BCUT2D eigenvalue weighted by Crippen LogP contribution is -2.45. The highest BCUT2D eigenvalue weighted by molar-refractivity contribution is 5.76. The van der Waals surface area contributed by atoms with Crippen molar-refractivity contribution in [3.63, 3.8) is 0 Å². The molecule has 0 saturated heterocycles. The Hall–Kier alpha value is -2.17. The highest BCUT2D eigenvalue weighted by Gasteiger charge is 2.17. The Balaban J connectivity index is 3.58. The lowest BCUT2D eigenvalue weighted by molar-refractivity contribution is -0.123. The molecule has 348 valence electrons. The minimum atomic E-state index is -0.873. The molecule has 0 rings (SSSR count). The number of hydrogen-bond donors (Lipinski definition) is 3. The fourth-order valence-electron chi connectivity index (χ4n) is 7.63. The van der Waals surface area contributed by atoms with Crippen molar-refractivity contribution < 1.29 is 15.0 Å². The van der Waals surface area contributed by atoms with Gasteiger partial charge in [0, 0.05) is 6.42 Å². The summed E-state index contributed by atoms with van der Waals surface area (Å²) in [5.74, 6) is -0.0793. The molecular weight excluding hydrogens is 735 g/mol. The molecule has 0 spiro atoms. The second-order valence-electron chi connectivity index (χ2n) is 17.6. The van der Waals surface area contributed by atoms with Gasteiger partial charge < -0.3 is 15.5 Å². The maximum atomic E-state index is 12.4. The SMILES string of the molecule is CCCCCCC/C=C\C/C=C\C/C=C\CCCCCCCCCCCCCCCCC(=O)NC(CO)C(O)/C=C/CC/C=C/CC/C=C/CCCCCCCCCCC. The van der Waals surface area contributed by atoms with E-state index in [-0.39, 0.29) is 12.5 Å². The molecule has 60 heavy (non-hydrogen) atoms. The standard InChI is InChI=1S/C56H101NO3/c1-3-5-7-9-11-13-15-17-19-21-23-24-25-26-27-28-29-30-31-32-34-36-38-40-42-44-46-48-50-52-56(60)57-54(53-58)55(59)51-49-47-45-43-41-39-37-35-33-22-20-18-16-14-12-10-8-6-4-2/h15,17,21,23,25-26,33,35,41,43,49,51,54-55,58-59H,3-14,16,18-20,22,24,27-32,34,36-40,42,44-48,50,52-53H2,1-2H3,(H,57,60)/b17-15-,23-21-,26-25-,35-33+,43-41+,51-49+. The van der Waals surface area contributed by atoms with Gasteiger partial charge in [-0.1, -0.05) is 241 Å². The molecule has 3 N–H and O–H groups in total. The molecule has 0 aliphatic rings. The molecular formula is C56H101NO3. The summed E-state index contributed by atoms with van der Waals surface area (Å²) in [6.07, 6.45) is 73.3. The van der Waals surface area contributed by atoms with Crippen LogP contribution >= 0.6 is 0 Å². The molecule has 0 bridgehead atoms. The first-order valence-electron chi connectivity index (χ1n) is 26.2. The van der Waals surface area contributed by atoms with Crippen LogP contribution in [0.15, 0.2) is 72.9 Å². The van der Waals surface area contributed by atoms with E-state index in [1.54, 1.807) is 6.08 Å². The summed E-state index contributed by atoms with van der Waals surface area (Å²) < 4.78 is 0. The predicted octanol–water partition coefficient (Wildman–Crippen LogP) is 17.0. The molecule has 0 heterocycles. The van der Waals surface area contributed by atoms with Crippen LogP contribution in [-0.4, -0.2) is 34.9 Å². The van der Waals surface area contributed by atoms with E-state index >= 15 is 0 Å². The van der Waals surface area contributed by atoms with Crippen LogP contribution in [0.25, 0.3) is 0 Å². The molecule has 0 aliphatic carbocycles. The molecule has 1 amide bonds. The molecule has 0 fully saturated rings. The monoisotopic (exact) mass is 836 g/mol. The van der Waals surface area contributed by atoms with Crippen LogP contribution in [-0.2, 0) is 4.79 Å². The smallest absolute Gasteiger partial charge is 0.220 e. The van der Waals surface area contributed by atoms with Gasteiger partial charge >= 0.3 is 0 Å². The van der Waals surface area contributed by atoms with Crippen LogP contribution < -0.4 is 5.32 Å². The predicted molar refractivity (Wildman–Crippen MR) is 267 cm³/mol. The number of amides is 1. The van der Waals surface area contributed by atoms with E-state index in [1.165, 1.54) is 186 Å². The van der Waals surface area contributed by atoms with E-state index in [0.717, 1.165) is 51.4 Å². The van der Waals surface area contributed by atoms with Gasteiger partial charge in [-0.3, -0.25) is 4.79 Å². The average molecular weight is 836 g/mol. The molecule has 0 aliphatic heterocycles. The number of carbonyl (C=O) groups excluding carboxylic acids is 1. The Morgan fingerprint density at radius 2 is 0.700 bits per heavy atom. The van der Waals surface area contributed by atoms with Gasteiger partial charge in [0.2, 0.25) is 5.91 Å².